The van der Waals surface area contributed by atoms with Crippen LogP contribution in [-0.4, -0.2) is 42.1 Å². The second-order valence-corrected chi connectivity index (χ2v) is 8.66. The van der Waals surface area contributed by atoms with Gasteiger partial charge in [0.05, 0.1) is 12.1 Å². The third-order valence-corrected chi connectivity index (χ3v) is 4.49. The summed E-state index contributed by atoms with van der Waals surface area (Å²) in [6, 6.07) is 6.10. The summed E-state index contributed by atoms with van der Waals surface area (Å²) < 4.78 is 11.6. The molecule has 0 spiro atoms. The number of aromatic nitrogens is 1. The van der Waals surface area contributed by atoms with E-state index in [1.54, 1.807) is 0 Å². The molecular formula is C19H27Cl3N3O2V. The monoisotopic (exact) mass is 485 g/mol. The molecule has 2 aliphatic heterocycles. The normalized spacial score (nSPS) is 20.8. The van der Waals surface area contributed by atoms with Crippen molar-refractivity contribution in [2.24, 2.45) is 20.8 Å². The Bertz CT molecular complexity index is 645. The number of halogens is 3. The van der Waals surface area contributed by atoms with Gasteiger partial charge in [0, 0.05) is 0 Å². The average molecular weight is 487 g/mol. The zero-order chi connectivity index (χ0) is 17.5. The number of pyridine rings is 1. The van der Waals surface area contributed by atoms with Crippen molar-refractivity contribution in [3.63, 3.8) is 0 Å². The summed E-state index contributed by atoms with van der Waals surface area (Å²) in [6.07, 6.45) is 0. The van der Waals surface area contributed by atoms with Gasteiger partial charge in [0.25, 0.3) is 0 Å². The van der Waals surface area contributed by atoms with Crippen molar-refractivity contribution in [3.05, 3.63) is 29.6 Å². The van der Waals surface area contributed by atoms with Gasteiger partial charge in [-0.15, -0.1) is 0 Å². The van der Waals surface area contributed by atoms with Gasteiger partial charge in [-0.05, 0) is 23.0 Å². The Labute approximate surface area is 198 Å². The molecule has 9 heteroatoms. The molecule has 2 unspecified atom stereocenters. The van der Waals surface area contributed by atoms with Crippen molar-refractivity contribution in [2.75, 3.05) is 13.2 Å². The predicted octanol–water partition coefficient (Wildman–Crippen LogP) is -5.53. The van der Waals surface area contributed by atoms with Gasteiger partial charge < -0.3 is 46.7 Å². The van der Waals surface area contributed by atoms with Crippen LogP contribution in [0.15, 0.2) is 28.2 Å². The van der Waals surface area contributed by atoms with E-state index in [4.69, 9.17) is 19.5 Å². The molecule has 0 bridgehead atoms. The fourth-order valence-corrected chi connectivity index (χ4v) is 2.59. The maximum absolute atomic E-state index is 5.78. The Morgan fingerprint density at radius 1 is 0.750 bits per heavy atom. The van der Waals surface area contributed by atoms with Gasteiger partial charge >= 0.3 is 18.6 Å². The minimum absolute atomic E-state index is 0. The molecule has 0 fully saturated rings. The molecule has 1 aromatic rings. The number of hydrogen-bond acceptors (Lipinski definition) is 5. The Hall–Kier alpha value is -0.456. The molecule has 0 N–H and O–H groups in total. The SMILES string of the molecule is CC(C)(C)C1COC(c2cccc(C3=NC(C(C)(C)C)CO3)n2)=N1.[Cl-].[Cl-].[Cl-].[V+3]. The Kier molecular flexibility index (Phi) is 11.8. The number of nitrogens with zero attached hydrogens (tertiary/aromatic N) is 3. The molecule has 2 aliphatic rings. The van der Waals surface area contributed by atoms with Crippen LogP contribution >= 0.6 is 0 Å². The molecule has 0 saturated heterocycles. The third kappa shape index (κ3) is 6.81. The number of rotatable bonds is 2. The van der Waals surface area contributed by atoms with Crippen LogP contribution in [0.2, 0.25) is 0 Å². The van der Waals surface area contributed by atoms with E-state index < -0.39 is 0 Å². The molecule has 0 aliphatic carbocycles. The summed E-state index contributed by atoms with van der Waals surface area (Å²) in [5.74, 6) is 1.23. The maximum Gasteiger partial charge on any atom is 3.00 e. The van der Waals surface area contributed by atoms with Gasteiger partial charge in [0.1, 0.15) is 24.6 Å². The summed E-state index contributed by atoms with van der Waals surface area (Å²) in [7, 11) is 0. The van der Waals surface area contributed by atoms with E-state index in [0.29, 0.717) is 25.0 Å². The van der Waals surface area contributed by atoms with Gasteiger partial charge in [-0.25, -0.2) is 15.0 Å². The molecule has 3 rings (SSSR count). The zero-order valence-electron chi connectivity index (χ0n) is 17.0. The fourth-order valence-electron chi connectivity index (χ4n) is 2.59. The Balaban J connectivity index is 0. The molecular weight excluding hydrogens is 460 g/mol. The van der Waals surface area contributed by atoms with E-state index in [-0.39, 0.29) is 78.7 Å². The van der Waals surface area contributed by atoms with E-state index in [1.807, 2.05) is 18.2 Å². The average Bonchev–Trinajstić information content (AvgIpc) is 3.16. The Morgan fingerprint density at radius 2 is 1.11 bits per heavy atom. The molecule has 1 aromatic heterocycles. The zero-order valence-corrected chi connectivity index (χ0v) is 20.7. The van der Waals surface area contributed by atoms with Crippen LogP contribution in [0.5, 0.6) is 0 Å². The molecule has 5 nitrogen and oxygen atoms in total. The number of ether oxygens (including phenoxy) is 2. The first kappa shape index (κ1) is 29.7. The summed E-state index contributed by atoms with van der Waals surface area (Å²) in [5, 5.41) is 0. The third-order valence-electron chi connectivity index (χ3n) is 4.49. The quantitative estimate of drug-likeness (QED) is 0.419. The van der Waals surface area contributed by atoms with Gasteiger partial charge in [0.2, 0.25) is 11.8 Å². The second kappa shape index (κ2) is 11.1. The largest absolute Gasteiger partial charge is 3.00 e. The maximum atomic E-state index is 5.78. The minimum Gasteiger partial charge on any atom is -1.00 e. The van der Waals surface area contributed by atoms with Crippen molar-refractivity contribution in [1.82, 2.24) is 4.98 Å². The summed E-state index contributed by atoms with van der Waals surface area (Å²) in [6.45, 7) is 14.2. The first-order valence-electron chi connectivity index (χ1n) is 8.53. The number of aliphatic imine (C=N–C) groups is 2. The molecule has 2 atom stereocenters. The van der Waals surface area contributed by atoms with Gasteiger partial charge in [-0.1, -0.05) is 47.6 Å². The van der Waals surface area contributed by atoms with Gasteiger partial charge in [-0.2, -0.15) is 0 Å². The van der Waals surface area contributed by atoms with Crippen LogP contribution in [0, 0.1) is 10.8 Å². The molecule has 0 radical (unpaired) electrons. The van der Waals surface area contributed by atoms with E-state index >= 15 is 0 Å². The second-order valence-electron chi connectivity index (χ2n) is 8.66. The van der Waals surface area contributed by atoms with Crippen molar-refractivity contribution in [2.45, 2.75) is 53.6 Å². The number of hydrogen-bond donors (Lipinski definition) is 0. The van der Waals surface area contributed by atoms with Crippen LogP contribution in [0.3, 0.4) is 0 Å². The molecule has 0 amide bonds. The topological polar surface area (TPSA) is 56.1 Å². The predicted molar refractivity (Wildman–Crippen MR) is 95.7 cm³/mol. The smallest absolute Gasteiger partial charge is 1.00 e. The van der Waals surface area contributed by atoms with E-state index in [9.17, 15) is 0 Å². The Morgan fingerprint density at radius 3 is 1.39 bits per heavy atom. The molecule has 0 saturated carbocycles. The van der Waals surface area contributed by atoms with Crippen molar-refractivity contribution < 1.29 is 65.3 Å². The molecule has 156 valence electrons. The summed E-state index contributed by atoms with van der Waals surface area (Å²) in [4.78, 5) is 14.1. The van der Waals surface area contributed by atoms with E-state index in [1.165, 1.54) is 0 Å². The fraction of sp³-hybridized carbons (Fsp3) is 0.632. The van der Waals surface area contributed by atoms with Gasteiger partial charge in [0.15, 0.2) is 0 Å². The van der Waals surface area contributed by atoms with Crippen molar-refractivity contribution >= 4 is 11.8 Å². The van der Waals surface area contributed by atoms with Crippen molar-refractivity contribution in [1.29, 1.82) is 0 Å². The first-order chi connectivity index (χ1) is 11.1. The molecule has 0 aromatic carbocycles. The minimum atomic E-state index is 0. The standard InChI is InChI=1S/C19H27N3O2.3ClH.V/c1-18(2,3)14-10-23-16(21-14)12-8-7-9-13(20-12)17-22-15(11-24-17)19(4,5)6;;;;/h7-9,14-15H,10-11H2,1-6H3;3*1H;/q;;;;+3/p-3. The van der Waals surface area contributed by atoms with E-state index in [2.05, 4.69) is 46.5 Å². The first-order valence-corrected chi connectivity index (χ1v) is 8.53. The van der Waals surface area contributed by atoms with Crippen LogP contribution in [0.25, 0.3) is 0 Å². The van der Waals surface area contributed by atoms with Crippen LogP contribution in [0.1, 0.15) is 52.9 Å². The van der Waals surface area contributed by atoms with Gasteiger partial charge in [-0.3, -0.25) is 0 Å². The summed E-state index contributed by atoms with van der Waals surface area (Å²) >= 11 is 0. The van der Waals surface area contributed by atoms with Crippen LogP contribution < -0.4 is 37.2 Å². The van der Waals surface area contributed by atoms with Crippen molar-refractivity contribution in [3.8, 4) is 0 Å². The van der Waals surface area contributed by atoms with Crippen LogP contribution in [0.4, 0.5) is 0 Å². The molecule has 28 heavy (non-hydrogen) atoms. The van der Waals surface area contributed by atoms with E-state index in [0.717, 1.165) is 11.4 Å². The van der Waals surface area contributed by atoms with Crippen LogP contribution in [-0.2, 0) is 28.0 Å². The summed E-state index contributed by atoms with van der Waals surface area (Å²) in [5.41, 5.74) is 1.64. The molecule has 3 heterocycles.